The van der Waals surface area contributed by atoms with E-state index in [4.69, 9.17) is 21.1 Å². The number of halogens is 1. The minimum atomic E-state index is -0.298. The molecular weight excluding hydrogens is 442 g/mol. The summed E-state index contributed by atoms with van der Waals surface area (Å²) in [6.07, 6.45) is 4.68. The number of aromatic nitrogens is 4. The highest BCUT2D eigenvalue weighted by atomic mass is 35.5. The molecule has 3 heterocycles. The van der Waals surface area contributed by atoms with Crippen molar-refractivity contribution >= 4 is 46.1 Å². The molecule has 31 heavy (non-hydrogen) atoms. The number of methoxy groups -OCH3 is 1. The minimum absolute atomic E-state index is 0.0272. The fraction of sp³-hybridized carbons (Fsp3) is 0.350. The van der Waals surface area contributed by atoms with Crippen LogP contribution in [0.5, 0.6) is 5.75 Å². The summed E-state index contributed by atoms with van der Waals surface area (Å²) in [6, 6.07) is 4.96. The molecular formula is C20H20ClN5O4S. The number of rotatable bonds is 7. The van der Waals surface area contributed by atoms with Crippen molar-refractivity contribution in [3.8, 4) is 5.75 Å². The van der Waals surface area contributed by atoms with Gasteiger partial charge in [-0.2, -0.15) is 0 Å². The van der Waals surface area contributed by atoms with Crippen LogP contribution >= 0.6 is 23.4 Å². The van der Waals surface area contributed by atoms with Crippen molar-refractivity contribution in [2.75, 3.05) is 24.8 Å². The molecule has 1 fully saturated rings. The van der Waals surface area contributed by atoms with Crippen LogP contribution in [0.3, 0.4) is 0 Å². The number of benzene rings is 1. The molecule has 1 aliphatic rings. The van der Waals surface area contributed by atoms with Crippen LogP contribution in [0.2, 0.25) is 5.02 Å². The van der Waals surface area contributed by atoms with Crippen molar-refractivity contribution in [1.29, 1.82) is 0 Å². The Morgan fingerprint density at radius 3 is 3.00 bits per heavy atom. The quantitative estimate of drug-likeness (QED) is 0.422. The van der Waals surface area contributed by atoms with Gasteiger partial charge < -0.3 is 14.8 Å². The lowest BCUT2D eigenvalue weighted by molar-refractivity contribution is -0.113. The average Bonchev–Trinajstić information content (AvgIpc) is 3.28. The Bertz CT molecular complexity index is 1170. The van der Waals surface area contributed by atoms with Crippen LogP contribution in [0.1, 0.15) is 12.8 Å². The Labute approximate surface area is 187 Å². The van der Waals surface area contributed by atoms with E-state index in [1.807, 2.05) is 0 Å². The van der Waals surface area contributed by atoms with Crippen molar-refractivity contribution in [3.63, 3.8) is 0 Å². The maximum atomic E-state index is 13.0. The Morgan fingerprint density at radius 2 is 2.23 bits per heavy atom. The summed E-state index contributed by atoms with van der Waals surface area (Å²) in [5.74, 6) is 0.235. The van der Waals surface area contributed by atoms with E-state index in [1.165, 1.54) is 24.1 Å². The number of nitrogens with one attached hydrogen (secondary N) is 1. The van der Waals surface area contributed by atoms with Crippen LogP contribution in [0.15, 0.2) is 40.5 Å². The molecule has 1 atom stereocenters. The largest absolute Gasteiger partial charge is 0.495 e. The molecule has 1 saturated heterocycles. The molecule has 2 aromatic heterocycles. The monoisotopic (exact) mass is 461 g/mol. The van der Waals surface area contributed by atoms with Gasteiger partial charge in [0.1, 0.15) is 5.75 Å². The Morgan fingerprint density at radius 1 is 1.39 bits per heavy atom. The van der Waals surface area contributed by atoms with E-state index in [1.54, 1.807) is 18.2 Å². The van der Waals surface area contributed by atoms with Crippen molar-refractivity contribution in [2.24, 2.45) is 0 Å². The third kappa shape index (κ3) is 4.97. The van der Waals surface area contributed by atoms with Gasteiger partial charge in [0.2, 0.25) is 5.91 Å². The maximum Gasteiger partial charge on any atom is 0.282 e. The SMILES string of the molecule is COc1ccc(Cl)cc1NC(=O)CSc1nc2nccnc2c(=O)n1C[C@@H]1CCCO1. The standard InChI is InChI=1S/C20H20ClN5O4S/c1-29-15-5-4-12(21)9-14(15)24-16(27)11-31-20-25-18-17(22-6-7-23-18)19(28)26(20)10-13-3-2-8-30-13/h4-7,9,13H,2-3,8,10-11H2,1H3,(H,24,27)/t13-/m0/s1. The first-order chi connectivity index (χ1) is 15.0. The lowest BCUT2D eigenvalue weighted by Gasteiger charge is -2.16. The number of thioether (sulfide) groups is 1. The number of carbonyl (C=O) groups is 1. The molecule has 0 saturated carbocycles. The Hall–Kier alpha value is -2.69. The summed E-state index contributed by atoms with van der Waals surface area (Å²) in [5, 5.41) is 3.65. The Kier molecular flexibility index (Phi) is 6.69. The molecule has 1 N–H and O–H groups in total. The number of nitrogens with zero attached hydrogens (tertiary/aromatic N) is 4. The van der Waals surface area contributed by atoms with Gasteiger partial charge in [0, 0.05) is 24.0 Å². The summed E-state index contributed by atoms with van der Waals surface area (Å²) in [7, 11) is 1.51. The van der Waals surface area contributed by atoms with E-state index in [0.29, 0.717) is 34.8 Å². The van der Waals surface area contributed by atoms with Gasteiger partial charge in [0.25, 0.3) is 5.56 Å². The lowest BCUT2D eigenvalue weighted by atomic mass is 10.2. The van der Waals surface area contributed by atoms with Crippen LogP contribution < -0.4 is 15.6 Å². The molecule has 11 heteroatoms. The highest BCUT2D eigenvalue weighted by molar-refractivity contribution is 7.99. The molecule has 0 unspecified atom stereocenters. The van der Waals surface area contributed by atoms with Crippen LogP contribution in [-0.2, 0) is 16.1 Å². The summed E-state index contributed by atoms with van der Waals surface area (Å²) >= 11 is 7.17. The summed E-state index contributed by atoms with van der Waals surface area (Å²) < 4.78 is 12.5. The zero-order valence-electron chi connectivity index (χ0n) is 16.7. The topological polar surface area (TPSA) is 108 Å². The average molecular weight is 462 g/mol. The number of fused-ring (bicyclic) bond motifs is 1. The van der Waals surface area contributed by atoms with Crippen molar-refractivity contribution in [1.82, 2.24) is 19.5 Å². The molecule has 1 amide bonds. The second-order valence-electron chi connectivity index (χ2n) is 6.86. The number of carbonyl (C=O) groups excluding carboxylic acids is 1. The van der Waals surface area contributed by atoms with Gasteiger partial charge in [0.05, 0.1) is 31.2 Å². The molecule has 0 bridgehead atoms. The lowest BCUT2D eigenvalue weighted by Crippen LogP contribution is -2.30. The highest BCUT2D eigenvalue weighted by Gasteiger charge is 2.21. The maximum absolute atomic E-state index is 13.0. The molecule has 1 aliphatic heterocycles. The van der Waals surface area contributed by atoms with E-state index >= 15 is 0 Å². The second kappa shape index (κ2) is 9.63. The van der Waals surface area contributed by atoms with Crippen molar-refractivity contribution < 1.29 is 14.3 Å². The molecule has 3 aromatic rings. The summed E-state index contributed by atoms with van der Waals surface area (Å²) in [6.45, 7) is 1.02. The first kappa shape index (κ1) is 21.5. The molecule has 4 rings (SSSR count). The van der Waals surface area contributed by atoms with Gasteiger partial charge in [-0.1, -0.05) is 23.4 Å². The van der Waals surface area contributed by atoms with Gasteiger partial charge in [-0.25, -0.2) is 15.0 Å². The first-order valence-corrected chi connectivity index (χ1v) is 11.0. The number of hydrogen-bond donors (Lipinski definition) is 1. The van der Waals surface area contributed by atoms with Crippen LogP contribution in [0.25, 0.3) is 11.2 Å². The normalized spacial score (nSPS) is 15.9. The van der Waals surface area contributed by atoms with Gasteiger partial charge >= 0.3 is 0 Å². The van der Waals surface area contributed by atoms with E-state index in [9.17, 15) is 9.59 Å². The molecule has 0 spiro atoms. The number of hydrogen-bond acceptors (Lipinski definition) is 8. The van der Waals surface area contributed by atoms with E-state index in [-0.39, 0.29) is 34.5 Å². The van der Waals surface area contributed by atoms with Crippen molar-refractivity contribution in [2.45, 2.75) is 30.6 Å². The van der Waals surface area contributed by atoms with E-state index in [0.717, 1.165) is 24.6 Å². The molecule has 0 radical (unpaired) electrons. The number of anilines is 1. The van der Waals surface area contributed by atoms with E-state index < -0.39 is 0 Å². The second-order valence-corrected chi connectivity index (χ2v) is 8.23. The summed E-state index contributed by atoms with van der Waals surface area (Å²) in [5.41, 5.74) is 0.608. The third-order valence-corrected chi connectivity index (χ3v) is 5.95. The fourth-order valence-corrected chi connectivity index (χ4v) is 4.26. The first-order valence-electron chi connectivity index (χ1n) is 9.64. The highest BCUT2D eigenvalue weighted by Crippen LogP contribution is 2.28. The van der Waals surface area contributed by atoms with Crippen LogP contribution in [-0.4, -0.2) is 51.0 Å². The zero-order chi connectivity index (χ0) is 21.8. The molecule has 9 nitrogen and oxygen atoms in total. The molecule has 0 aliphatic carbocycles. The predicted octanol–water partition coefficient (Wildman–Crippen LogP) is 2.76. The van der Waals surface area contributed by atoms with Gasteiger partial charge in [0.15, 0.2) is 16.3 Å². The van der Waals surface area contributed by atoms with Gasteiger partial charge in [-0.05, 0) is 31.0 Å². The fourth-order valence-electron chi connectivity index (χ4n) is 3.29. The van der Waals surface area contributed by atoms with Gasteiger partial charge in [-0.3, -0.25) is 14.2 Å². The van der Waals surface area contributed by atoms with Gasteiger partial charge in [-0.15, -0.1) is 0 Å². The predicted molar refractivity (Wildman–Crippen MR) is 118 cm³/mol. The number of amides is 1. The third-order valence-electron chi connectivity index (χ3n) is 4.74. The molecule has 162 valence electrons. The van der Waals surface area contributed by atoms with Crippen LogP contribution in [0.4, 0.5) is 5.69 Å². The summed E-state index contributed by atoms with van der Waals surface area (Å²) in [4.78, 5) is 38.3. The number of ether oxygens (including phenoxy) is 2. The van der Waals surface area contributed by atoms with Crippen LogP contribution in [0, 0.1) is 0 Å². The smallest absolute Gasteiger partial charge is 0.282 e. The zero-order valence-corrected chi connectivity index (χ0v) is 18.3. The minimum Gasteiger partial charge on any atom is -0.495 e. The molecule has 1 aromatic carbocycles. The Balaban J connectivity index is 1.56. The van der Waals surface area contributed by atoms with E-state index in [2.05, 4.69) is 20.3 Å². The van der Waals surface area contributed by atoms with Crippen molar-refractivity contribution in [3.05, 3.63) is 46.0 Å².